The molecule has 1 spiro atoms. The van der Waals surface area contributed by atoms with Crippen molar-refractivity contribution >= 4 is 0 Å². The fourth-order valence-electron chi connectivity index (χ4n) is 3.65. The lowest BCUT2D eigenvalue weighted by Crippen LogP contribution is -2.14. The number of aromatic nitrogens is 1. The predicted octanol–water partition coefficient (Wildman–Crippen LogP) is 4.30. The molecule has 1 heterocycles. The Bertz CT molecular complexity index is 430. The van der Waals surface area contributed by atoms with Crippen LogP contribution in [0.5, 0.6) is 0 Å². The summed E-state index contributed by atoms with van der Waals surface area (Å²) in [6.07, 6.45) is 11.2. The lowest BCUT2D eigenvalue weighted by atomic mass is 9.77. The molecule has 0 amide bonds. The first-order valence-corrected chi connectivity index (χ1v) is 7.23. The van der Waals surface area contributed by atoms with Gasteiger partial charge in [0, 0.05) is 17.4 Å². The van der Waals surface area contributed by atoms with Gasteiger partial charge in [0.05, 0.1) is 5.69 Å². The van der Waals surface area contributed by atoms with Crippen LogP contribution in [0.25, 0.3) is 0 Å². The van der Waals surface area contributed by atoms with Gasteiger partial charge in [-0.2, -0.15) is 0 Å². The second-order valence-corrected chi connectivity index (χ2v) is 6.61. The van der Waals surface area contributed by atoms with Gasteiger partial charge >= 0.3 is 0 Å². The molecular formula is C15H21NO. The van der Waals surface area contributed by atoms with E-state index in [2.05, 4.69) is 12.1 Å². The van der Waals surface area contributed by atoms with E-state index in [9.17, 15) is 0 Å². The molecule has 0 saturated heterocycles. The van der Waals surface area contributed by atoms with Gasteiger partial charge in [0.15, 0.2) is 0 Å². The Labute approximate surface area is 103 Å². The lowest BCUT2D eigenvalue weighted by Gasteiger charge is -2.27. The smallest absolute Gasteiger partial charge is 0.142 e. The summed E-state index contributed by atoms with van der Waals surface area (Å²) >= 11 is 0. The Morgan fingerprint density at radius 2 is 1.71 bits per heavy atom. The molecule has 3 aliphatic carbocycles. The van der Waals surface area contributed by atoms with E-state index in [0.717, 1.165) is 5.41 Å². The summed E-state index contributed by atoms with van der Waals surface area (Å²) < 4.78 is 5.59. The normalized spacial score (nSPS) is 27.6. The lowest BCUT2D eigenvalue weighted by molar-refractivity contribution is 0.292. The minimum Gasteiger partial charge on any atom is -0.361 e. The van der Waals surface area contributed by atoms with Crippen LogP contribution >= 0.6 is 0 Å². The highest BCUT2D eigenvalue weighted by atomic mass is 16.5. The molecule has 2 nitrogen and oxygen atoms in total. The first-order valence-electron chi connectivity index (χ1n) is 7.23. The maximum absolute atomic E-state index is 5.59. The second-order valence-electron chi connectivity index (χ2n) is 6.61. The van der Waals surface area contributed by atoms with Crippen molar-refractivity contribution in [1.82, 2.24) is 5.16 Å². The number of hydrogen-bond donors (Lipinski definition) is 0. The average molecular weight is 231 g/mol. The van der Waals surface area contributed by atoms with Crippen LogP contribution < -0.4 is 0 Å². The minimum absolute atomic E-state index is 0.692. The molecule has 0 radical (unpaired) electrons. The molecule has 1 aromatic rings. The Balaban J connectivity index is 1.54. The molecule has 0 aliphatic heterocycles. The van der Waals surface area contributed by atoms with Gasteiger partial charge in [-0.15, -0.1) is 0 Å². The highest BCUT2D eigenvalue weighted by molar-refractivity contribution is 5.29. The van der Waals surface area contributed by atoms with Crippen molar-refractivity contribution < 1.29 is 4.52 Å². The third-order valence-electron chi connectivity index (χ3n) is 5.33. The molecule has 0 atom stereocenters. The number of hydrogen-bond acceptors (Lipinski definition) is 2. The first-order chi connectivity index (χ1) is 8.27. The van der Waals surface area contributed by atoms with Crippen molar-refractivity contribution in [2.45, 2.75) is 70.1 Å². The van der Waals surface area contributed by atoms with Crippen molar-refractivity contribution in [1.29, 1.82) is 0 Å². The summed E-state index contributed by atoms with van der Waals surface area (Å²) in [5, 5.41) is 4.39. The number of rotatable bonds is 2. The van der Waals surface area contributed by atoms with E-state index in [-0.39, 0.29) is 0 Å². The average Bonchev–Trinajstić information content (AvgIpc) is 3.25. The Hall–Kier alpha value is -0.790. The fraction of sp³-hybridized carbons (Fsp3) is 0.800. The monoisotopic (exact) mass is 231 g/mol. The predicted molar refractivity (Wildman–Crippen MR) is 66.1 cm³/mol. The zero-order valence-corrected chi connectivity index (χ0v) is 10.7. The summed E-state index contributed by atoms with van der Waals surface area (Å²) in [7, 11) is 0. The molecule has 3 saturated carbocycles. The third kappa shape index (κ3) is 1.64. The summed E-state index contributed by atoms with van der Waals surface area (Å²) in [5.74, 6) is 2.60. The van der Waals surface area contributed by atoms with Gasteiger partial charge in [-0.05, 0) is 63.7 Å². The molecule has 0 aromatic carbocycles. The van der Waals surface area contributed by atoms with E-state index >= 15 is 0 Å². The van der Waals surface area contributed by atoms with Gasteiger partial charge in [-0.25, -0.2) is 0 Å². The van der Waals surface area contributed by atoms with Crippen molar-refractivity contribution in [3.8, 4) is 0 Å². The summed E-state index contributed by atoms with van der Waals surface area (Å²) in [4.78, 5) is 0. The van der Waals surface area contributed by atoms with Crippen molar-refractivity contribution in [2.24, 2.45) is 5.41 Å². The van der Waals surface area contributed by atoms with Crippen molar-refractivity contribution in [2.75, 3.05) is 0 Å². The highest BCUT2D eigenvalue weighted by Gasteiger charge is 2.45. The summed E-state index contributed by atoms with van der Waals surface area (Å²) in [6.45, 7) is 2.22. The molecule has 3 fully saturated rings. The topological polar surface area (TPSA) is 26.0 Å². The van der Waals surface area contributed by atoms with Crippen LogP contribution in [0.3, 0.4) is 0 Å². The van der Waals surface area contributed by atoms with Crippen LogP contribution in [0.2, 0.25) is 0 Å². The van der Waals surface area contributed by atoms with Gasteiger partial charge in [-0.1, -0.05) is 5.16 Å². The van der Waals surface area contributed by atoms with Crippen LogP contribution in [0.4, 0.5) is 0 Å². The maximum Gasteiger partial charge on any atom is 0.142 e. The zero-order valence-electron chi connectivity index (χ0n) is 10.7. The maximum atomic E-state index is 5.59. The van der Waals surface area contributed by atoms with Gasteiger partial charge < -0.3 is 4.52 Å². The van der Waals surface area contributed by atoms with Crippen LogP contribution in [0.1, 0.15) is 80.2 Å². The molecule has 1 aromatic heterocycles. The van der Waals surface area contributed by atoms with E-state index in [0.29, 0.717) is 11.8 Å². The Kier molecular flexibility index (Phi) is 2.01. The molecular weight excluding hydrogens is 210 g/mol. The first kappa shape index (κ1) is 10.2. The van der Waals surface area contributed by atoms with Crippen LogP contribution in [0, 0.1) is 12.3 Å². The zero-order chi connectivity index (χ0) is 11.5. The molecule has 4 rings (SSSR count). The van der Waals surface area contributed by atoms with E-state index < -0.39 is 0 Å². The molecule has 3 aliphatic rings. The van der Waals surface area contributed by atoms with Crippen molar-refractivity contribution in [3.05, 3.63) is 17.0 Å². The SMILES string of the molecule is Cc1c(C2CCC3(CC2)CC3)noc1C1CC1. The van der Waals surface area contributed by atoms with Crippen molar-refractivity contribution in [3.63, 3.8) is 0 Å². The molecule has 17 heavy (non-hydrogen) atoms. The standard InChI is InChI=1S/C15H21NO/c1-10-13(16-17-14(10)12-2-3-12)11-4-6-15(7-5-11)8-9-15/h11-12H,2-9H2,1H3. The third-order valence-corrected chi connectivity index (χ3v) is 5.33. The minimum atomic E-state index is 0.692. The summed E-state index contributed by atoms with van der Waals surface area (Å²) in [5.41, 5.74) is 3.46. The van der Waals surface area contributed by atoms with Gasteiger partial charge in [0.25, 0.3) is 0 Å². The molecule has 0 unspecified atom stereocenters. The van der Waals surface area contributed by atoms with E-state index in [1.54, 1.807) is 0 Å². The van der Waals surface area contributed by atoms with Crippen LogP contribution in [-0.2, 0) is 0 Å². The van der Waals surface area contributed by atoms with Crippen LogP contribution in [0.15, 0.2) is 4.52 Å². The highest BCUT2D eigenvalue weighted by Crippen LogP contribution is 2.58. The summed E-state index contributed by atoms with van der Waals surface area (Å²) in [6, 6.07) is 0. The quantitative estimate of drug-likeness (QED) is 0.758. The second kappa shape index (κ2) is 3.37. The van der Waals surface area contributed by atoms with Gasteiger partial charge in [0.1, 0.15) is 5.76 Å². The van der Waals surface area contributed by atoms with Gasteiger partial charge in [0.2, 0.25) is 0 Å². The Morgan fingerprint density at radius 3 is 2.29 bits per heavy atom. The van der Waals surface area contributed by atoms with E-state index in [1.807, 2.05) is 0 Å². The molecule has 0 N–H and O–H groups in total. The Morgan fingerprint density at radius 1 is 1.00 bits per heavy atom. The molecule has 2 heteroatoms. The largest absolute Gasteiger partial charge is 0.361 e. The fourth-order valence-corrected chi connectivity index (χ4v) is 3.65. The molecule has 0 bridgehead atoms. The van der Waals surface area contributed by atoms with Crippen LogP contribution in [-0.4, -0.2) is 5.16 Å². The van der Waals surface area contributed by atoms with E-state index in [4.69, 9.17) is 4.52 Å². The van der Waals surface area contributed by atoms with Gasteiger partial charge in [-0.3, -0.25) is 0 Å². The molecule has 92 valence electrons. The van der Waals surface area contributed by atoms with E-state index in [1.165, 1.54) is 68.4 Å². The number of nitrogens with zero attached hydrogens (tertiary/aromatic N) is 1.